The minimum Gasteiger partial charge on any atom is -0.488 e. The summed E-state index contributed by atoms with van der Waals surface area (Å²) < 4.78 is 29.5. The third kappa shape index (κ3) is 5.04. The zero-order valence-corrected chi connectivity index (χ0v) is 15.2. The number of carbonyl (C=O) groups excluding carboxylic acids is 1. The fourth-order valence-electron chi connectivity index (χ4n) is 2.55. The number of hydrogen-bond donors (Lipinski definition) is 1. The third-order valence-corrected chi connectivity index (χ3v) is 3.86. The molecule has 0 saturated heterocycles. The van der Waals surface area contributed by atoms with Gasteiger partial charge in [-0.1, -0.05) is 0 Å². The van der Waals surface area contributed by atoms with Gasteiger partial charge in [0, 0.05) is 6.07 Å². The molecule has 1 saturated carbocycles. The first kappa shape index (κ1) is 19.9. The standard InChI is InChI=1S/C17H23FN2O6/c1-17(2,3)26-16(21)19-12-5-6-14(12)25-9-10-7-11(18)15(24-4)13(8-10)20(22)23/h7-8,12,14H,5-6,9H2,1-4H3,(H,19,21)/t12-,14-/m1/s1. The summed E-state index contributed by atoms with van der Waals surface area (Å²) in [6.45, 7) is 5.30. The number of carbonyl (C=O) groups is 1. The Morgan fingerprint density at radius 3 is 2.58 bits per heavy atom. The molecule has 1 aliphatic rings. The maximum Gasteiger partial charge on any atom is 0.407 e. The number of benzene rings is 1. The summed E-state index contributed by atoms with van der Waals surface area (Å²) in [5.41, 5.74) is -0.731. The van der Waals surface area contributed by atoms with Crippen LogP contribution in [0.15, 0.2) is 12.1 Å². The molecule has 1 aromatic carbocycles. The van der Waals surface area contributed by atoms with Crippen LogP contribution in [0.3, 0.4) is 0 Å². The molecule has 0 aliphatic heterocycles. The molecule has 0 spiro atoms. The number of nitrogens with one attached hydrogen (secondary N) is 1. The molecule has 26 heavy (non-hydrogen) atoms. The Morgan fingerprint density at radius 1 is 1.38 bits per heavy atom. The van der Waals surface area contributed by atoms with Gasteiger partial charge in [-0.05, 0) is 45.2 Å². The summed E-state index contributed by atoms with van der Waals surface area (Å²) in [7, 11) is 1.17. The highest BCUT2D eigenvalue weighted by atomic mass is 19.1. The molecule has 1 N–H and O–H groups in total. The number of alkyl carbamates (subject to hydrolysis) is 1. The smallest absolute Gasteiger partial charge is 0.407 e. The Labute approximate surface area is 150 Å². The van der Waals surface area contributed by atoms with Crippen LogP contribution in [0.1, 0.15) is 39.2 Å². The van der Waals surface area contributed by atoms with E-state index in [0.717, 1.165) is 18.9 Å². The van der Waals surface area contributed by atoms with E-state index in [9.17, 15) is 19.3 Å². The molecule has 0 aromatic heterocycles. The maximum atomic E-state index is 13.9. The normalized spacial score (nSPS) is 19.4. The van der Waals surface area contributed by atoms with Gasteiger partial charge in [-0.2, -0.15) is 0 Å². The summed E-state index contributed by atoms with van der Waals surface area (Å²) in [4.78, 5) is 22.1. The quantitative estimate of drug-likeness (QED) is 0.609. The number of methoxy groups -OCH3 is 1. The molecule has 2 rings (SSSR count). The second kappa shape index (κ2) is 7.86. The highest BCUT2D eigenvalue weighted by Crippen LogP contribution is 2.32. The van der Waals surface area contributed by atoms with E-state index in [1.165, 1.54) is 13.2 Å². The van der Waals surface area contributed by atoms with Gasteiger partial charge >= 0.3 is 11.8 Å². The molecule has 1 amide bonds. The van der Waals surface area contributed by atoms with Gasteiger partial charge in [0.15, 0.2) is 5.82 Å². The van der Waals surface area contributed by atoms with Gasteiger partial charge < -0.3 is 19.5 Å². The molecular weight excluding hydrogens is 347 g/mol. The number of halogens is 1. The van der Waals surface area contributed by atoms with Crippen LogP contribution in [0.4, 0.5) is 14.9 Å². The number of nitro groups is 1. The fourth-order valence-corrected chi connectivity index (χ4v) is 2.55. The van der Waals surface area contributed by atoms with E-state index in [4.69, 9.17) is 14.2 Å². The summed E-state index contributed by atoms with van der Waals surface area (Å²) in [5.74, 6) is -1.23. The molecule has 0 unspecified atom stereocenters. The summed E-state index contributed by atoms with van der Waals surface area (Å²) in [6, 6.07) is 2.15. The van der Waals surface area contributed by atoms with Gasteiger partial charge in [0.05, 0.1) is 30.8 Å². The average molecular weight is 370 g/mol. The van der Waals surface area contributed by atoms with E-state index in [-0.39, 0.29) is 18.8 Å². The summed E-state index contributed by atoms with van der Waals surface area (Å²) in [5, 5.41) is 13.8. The largest absolute Gasteiger partial charge is 0.488 e. The second-order valence-electron chi connectivity index (χ2n) is 7.07. The van der Waals surface area contributed by atoms with Crippen molar-refractivity contribution in [3.63, 3.8) is 0 Å². The Hall–Kier alpha value is -2.42. The molecular formula is C17H23FN2O6. The maximum absolute atomic E-state index is 13.9. The van der Waals surface area contributed by atoms with E-state index < -0.39 is 33.9 Å². The van der Waals surface area contributed by atoms with Crippen molar-refractivity contribution < 1.29 is 28.3 Å². The van der Waals surface area contributed by atoms with Gasteiger partial charge in [0.1, 0.15) is 5.60 Å². The van der Waals surface area contributed by atoms with Gasteiger partial charge in [0.2, 0.25) is 5.75 Å². The molecule has 0 heterocycles. The minimum absolute atomic E-state index is 0.0150. The molecule has 0 radical (unpaired) electrons. The van der Waals surface area contributed by atoms with E-state index in [0.29, 0.717) is 5.56 Å². The van der Waals surface area contributed by atoms with E-state index >= 15 is 0 Å². The number of rotatable bonds is 6. The molecule has 8 nitrogen and oxygen atoms in total. The van der Waals surface area contributed by atoms with Gasteiger partial charge in [-0.15, -0.1) is 0 Å². The second-order valence-corrected chi connectivity index (χ2v) is 7.07. The van der Waals surface area contributed by atoms with Crippen LogP contribution in [0.5, 0.6) is 5.75 Å². The Balaban J connectivity index is 1.95. The Bertz CT molecular complexity index is 689. The summed E-state index contributed by atoms with van der Waals surface area (Å²) >= 11 is 0. The van der Waals surface area contributed by atoms with Crippen molar-refractivity contribution in [3.8, 4) is 5.75 Å². The number of ether oxygens (including phenoxy) is 3. The van der Waals surface area contributed by atoms with Gasteiger partial charge in [-0.25, -0.2) is 9.18 Å². The number of nitrogens with zero attached hydrogens (tertiary/aromatic N) is 1. The molecule has 9 heteroatoms. The van der Waals surface area contributed by atoms with Crippen molar-refractivity contribution in [1.82, 2.24) is 5.32 Å². The number of hydrogen-bond acceptors (Lipinski definition) is 6. The lowest BCUT2D eigenvalue weighted by Crippen LogP contribution is -2.52. The fraction of sp³-hybridized carbons (Fsp3) is 0.588. The predicted molar refractivity (Wildman–Crippen MR) is 90.6 cm³/mol. The molecule has 1 aromatic rings. The van der Waals surface area contributed by atoms with Crippen molar-refractivity contribution in [1.29, 1.82) is 0 Å². The zero-order chi connectivity index (χ0) is 19.5. The first-order chi connectivity index (χ1) is 12.1. The first-order valence-electron chi connectivity index (χ1n) is 8.22. The number of nitro benzene ring substituents is 1. The zero-order valence-electron chi connectivity index (χ0n) is 15.2. The van der Waals surface area contributed by atoms with Crippen LogP contribution >= 0.6 is 0 Å². The van der Waals surface area contributed by atoms with E-state index in [1.54, 1.807) is 20.8 Å². The highest BCUT2D eigenvalue weighted by Gasteiger charge is 2.34. The Morgan fingerprint density at radius 2 is 2.08 bits per heavy atom. The monoisotopic (exact) mass is 370 g/mol. The first-order valence-corrected chi connectivity index (χ1v) is 8.22. The minimum atomic E-state index is -0.822. The highest BCUT2D eigenvalue weighted by molar-refractivity contribution is 5.68. The third-order valence-electron chi connectivity index (χ3n) is 3.86. The molecule has 2 atom stereocenters. The van der Waals surface area contributed by atoms with Gasteiger partial charge in [-0.3, -0.25) is 10.1 Å². The number of amides is 1. The molecule has 1 fully saturated rings. The van der Waals surface area contributed by atoms with Crippen LogP contribution in [-0.4, -0.2) is 35.9 Å². The summed E-state index contributed by atoms with van der Waals surface area (Å²) in [6.07, 6.45) is 0.677. The SMILES string of the molecule is COc1c(F)cc(CO[C@@H]2CC[C@H]2NC(=O)OC(C)(C)C)cc1[N+](=O)[O-]. The van der Waals surface area contributed by atoms with Crippen LogP contribution in [0, 0.1) is 15.9 Å². The van der Waals surface area contributed by atoms with Crippen LogP contribution in [0.2, 0.25) is 0 Å². The average Bonchev–Trinajstić information content (AvgIpc) is 2.49. The Kier molecular flexibility index (Phi) is 6.01. The van der Waals surface area contributed by atoms with E-state index in [2.05, 4.69) is 5.32 Å². The van der Waals surface area contributed by atoms with Crippen LogP contribution < -0.4 is 10.1 Å². The molecule has 0 bridgehead atoms. The lowest BCUT2D eigenvalue weighted by molar-refractivity contribution is -0.386. The predicted octanol–water partition coefficient (Wildman–Crippen LogP) is 3.31. The van der Waals surface area contributed by atoms with Crippen molar-refractivity contribution in [2.24, 2.45) is 0 Å². The van der Waals surface area contributed by atoms with Crippen molar-refractivity contribution in [2.45, 2.75) is 58.0 Å². The van der Waals surface area contributed by atoms with Crippen molar-refractivity contribution in [3.05, 3.63) is 33.6 Å². The molecule has 1 aliphatic carbocycles. The van der Waals surface area contributed by atoms with E-state index in [1.807, 2.05) is 0 Å². The molecule has 144 valence electrons. The van der Waals surface area contributed by atoms with Gasteiger partial charge in [0.25, 0.3) is 0 Å². The van der Waals surface area contributed by atoms with Crippen molar-refractivity contribution in [2.75, 3.05) is 7.11 Å². The lowest BCUT2D eigenvalue weighted by atomic mass is 9.89. The topological polar surface area (TPSA) is 99.9 Å². The van der Waals surface area contributed by atoms with Crippen molar-refractivity contribution >= 4 is 11.8 Å². The van der Waals surface area contributed by atoms with Crippen LogP contribution in [-0.2, 0) is 16.1 Å². The van der Waals surface area contributed by atoms with Crippen LogP contribution in [0.25, 0.3) is 0 Å². The lowest BCUT2D eigenvalue weighted by Gasteiger charge is -2.37.